The van der Waals surface area contributed by atoms with Crippen molar-refractivity contribution in [1.82, 2.24) is 5.32 Å². The normalized spacial score (nSPS) is 11.7. The number of carbonyl (C=O) groups is 1. The number of methoxy groups -OCH3 is 2. The van der Waals surface area contributed by atoms with Crippen LogP contribution in [-0.4, -0.2) is 51.0 Å². The summed E-state index contributed by atoms with van der Waals surface area (Å²) < 4.78 is 15.5. The van der Waals surface area contributed by atoms with Crippen molar-refractivity contribution in [3.8, 4) is 5.75 Å². The monoisotopic (exact) mass is 312 g/mol. The van der Waals surface area contributed by atoms with E-state index in [2.05, 4.69) is 5.32 Å². The molecule has 1 unspecified atom stereocenters. The number of benzene rings is 1. The van der Waals surface area contributed by atoms with Crippen LogP contribution in [0.3, 0.4) is 0 Å². The Kier molecular flexibility index (Phi) is 7.66. The fourth-order valence-corrected chi connectivity index (χ4v) is 1.78. The summed E-state index contributed by atoms with van der Waals surface area (Å²) in [5, 5.41) is 2.70. The molecule has 1 amide bonds. The molecule has 0 radical (unpaired) electrons. The van der Waals surface area contributed by atoms with E-state index in [1.807, 2.05) is 0 Å². The van der Waals surface area contributed by atoms with Gasteiger partial charge in [0.05, 0.1) is 18.3 Å². The molecule has 1 aromatic carbocycles. The topological polar surface area (TPSA) is 82.8 Å². The molecular weight excluding hydrogens is 292 g/mol. The maximum Gasteiger partial charge on any atom is 0.258 e. The fourth-order valence-electron chi connectivity index (χ4n) is 1.61. The summed E-state index contributed by atoms with van der Waals surface area (Å²) in [6, 6.07) is 7.05. The van der Waals surface area contributed by atoms with Gasteiger partial charge in [-0.3, -0.25) is 4.79 Å². The lowest BCUT2D eigenvalue weighted by atomic mass is 10.2. The second-order valence-electron chi connectivity index (χ2n) is 4.27. The lowest BCUT2D eigenvalue weighted by Gasteiger charge is -2.15. The Morgan fingerprint density at radius 3 is 2.71 bits per heavy atom. The van der Waals surface area contributed by atoms with Crippen LogP contribution >= 0.6 is 12.2 Å². The minimum absolute atomic E-state index is 0.122. The van der Waals surface area contributed by atoms with E-state index in [-0.39, 0.29) is 23.6 Å². The summed E-state index contributed by atoms with van der Waals surface area (Å²) in [5.41, 5.74) is 6.20. The smallest absolute Gasteiger partial charge is 0.258 e. The first-order valence-electron chi connectivity index (χ1n) is 6.38. The molecule has 1 aromatic rings. The zero-order chi connectivity index (χ0) is 15.7. The van der Waals surface area contributed by atoms with Gasteiger partial charge in [0.15, 0.2) is 6.61 Å². The van der Waals surface area contributed by atoms with Gasteiger partial charge in [-0.25, -0.2) is 0 Å². The number of ether oxygens (including phenoxy) is 3. The first-order valence-corrected chi connectivity index (χ1v) is 6.79. The van der Waals surface area contributed by atoms with E-state index in [4.69, 9.17) is 32.2 Å². The number of carbonyl (C=O) groups excluding carboxylic acids is 1. The number of rotatable bonds is 9. The highest BCUT2D eigenvalue weighted by atomic mass is 32.1. The van der Waals surface area contributed by atoms with E-state index in [1.54, 1.807) is 38.5 Å². The highest BCUT2D eigenvalue weighted by Gasteiger charge is 2.11. The average Bonchev–Trinajstić information content (AvgIpc) is 2.49. The second-order valence-corrected chi connectivity index (χ2v) is 4.71. The highest BCUT2D eigenvalue weighted by Crippen LogP contribution is 2.17. The Hall–Kier alpha value is -1.70. The van der Waals surface area contributed by atoms with Crippen molar-refractivity contribution in [2.24, 2.45) is 5.73 Å². The standard InChI is InChI=1S/C14H20N2O4S/c1-18-8-10(19-2)7-16-13(17)9-20-12-6-4-3-5-11(12)14(15)21/h3-6,10H,7-9H2,1-2H3,(H2,15,21)(H,16,17). The van der Waals surface area contributed by atoms with Crippen LogP contribution in [0.5, 0.6) is 5.75 Å². The Morgan fingerprint density at radius 2 is 2.10 bits per heavy atom. The Bertz CT molecular complexity index is 482. The number of nitrogens with one attached hydrogen (secondary N) is 1. The van der Waals surface area contributed by atoms with Crippen LogP contribution in [0, 0.1) is 0 Å². The molecule has 0 aromatic heterocycles. The average molecular weight is 312 g/mol. The molecule has 0 heterocycles. The molecule has 0 aliphatic heterocycles. The largest absolute Gasteiger partial charge is 0.483 e. The molecule has 21 heavy (non-hydrogen) atoms. The quantitative estimate of drug-likeness (QED) is 0.645. The van der Waals surface area contributed by atoms with Gasteiger partial charge < -0.3 is 25.3 Å². The molecule has 0 aliphatic rings. The molecule has 116 valence electrons. The third-order valence-electron chi connectivity index (χ3n) is 2.72. The van der Waals surface area contributed by atoms with Crippen molar-refractivity contribution in [2.75, 3.05) is 34.0 Å². The summed E-state index contributed by atoms with van der Waals surface area (Å²) in [5.74, 6) is 0.228. The second kappa shape index (κ2) is 9.28. The van der Waals surface area contributed by atoms with Gasteiger partial charge >= 0.3 is 0 Å². The van der Waals surface area contributed by atoms with E-state index < -0.39 is 0 Å². The number of para-hydroxylation sites is 1. The number of nitrogens with two attached hydrogens (primary N) is 1. The number of hydrogen-bond acceptors (Lipinski definition) is 5. The molecule has 7 heteroatoms. The van der Waals surface area contributed by atoms with E-state index in [0.29, 0.717) is 24.5 Å². The third-order valence-corrected chi connectivity index (χ3v) is 2.94. The molecule has 0 spiro atoms. The van der Waals surface area contributed by atoms with E-state index >= 15 is 0 Å². The molecule has 0 bridgehead atoms. The Labute approximate surface area is 129 Å². The van der Waals surface area contributed by atoms with Gasteiger partial charge in [0.1, 0.15) is 10.7 Å². The van der Waals surface area contributed by atoms with Crippen molar-refractivity contribution >= 4 is 23.1 Å². The molecule has 1 atom stereocenters. The SMILES string of the molecule is COCC(CNC(=O)COc1ccccc1C(N)=S)OC. The van der Waals surface area contributed by atoms with Gasteiger partial charge in [-0.2, -0.15) is 0 Å². The summed E-state index contributed by atoms with van der Waals surface area (Å²) >= 11 is 4.93. The van der Waals surface area contributed by atoms with Crippen LogP contribution in [0.15, 0.2) is 24.3 Å². The number of amides is 1. The van der Waals surface area contributed by atoms with E-state index in [1.165, 1.54) is 0 Å². The molecule has 0 aliphatic carbocycles. The first-order chi connectivity index (χ1) is 10.1. The first kappa shape index (κ1) is 17.4. The summed E-state index contributed by atoms with van der Waals surface area (Å²) in [6.45, 7) is 0.633. The molecule has 3 N–H and O–H groups in total. The summed E-state index contributed by atoms with van der Waals surface area (Å²) in [6.07, 6.45) is -0.192. The molecule has 6 nitrogen and oxygen atoms in total. The lowest BCUT2D eigenvalue weighted by Crippen LogP contribution is -2.38. The zero-order valence-corrected chi connectivity index (χ0v) is 12.9. The van der Waals surface area contributed by atoms with Crippen molar-refractivity contribution in [2.45, 2.75) is 6.10 Å². The van der Waals surface area contributed by atoms with Gasteiger partial charge in [0.2, 0.25) is 0 Å². The van der Waals surface area contributed by atoms with Crippen LogP contribution in [0.1, 0.15) is 5.56 Å². The van der Waals surface area contributed by atoms with Gasteiger partial charge in [0.25, 0.3) is 5.91 Å². The molecule has 0 fully saturated rings. The minimum atomic E-state index is -0.258. The van der Waals surface area contributed by atoms with E-state index in [0.717, 1.165) is 0 Å². The predicted molar refractivity (Wildman–Crippen MR) is 83.5 cm³/mol. The summed E-state index contributed by atoms with van der Waals surface area (Å²) in [7, 11) is 3.13. The van der Waals surface area contributed by atoms with Gasteiger partial charge in [-0.1, -0.05) is 24.4 Å². The van der Waals surface area contributed by atoms with Crippen LogP contribution in [0.4, 0.5) is 0 Å². The van der Waals surface area contributed by atoms with Crippen molar-refractivity contribution < 1.29 is 19.0 Å². The van der Waals surface area contributed by atoms with Gasteiger partial charge in [-0.15, -0.1) is 0 Å². The minimum Gasteiger partial charge on any atom is -0.483 e. The molecule has 0 saturated heterocycles. The molecular formula is C14H20N2O4S. The lowest BCUT2D eigenvalue weighted by molar-refractivity contribution is -0.123. The predicted octanol–water partition coefficient (Wildman–Crippen LogP) is 0.477. The zero-order valence-electron chi connectivity index (χ0n) is 12.1. The number of thiocarbonyl (C=S) groups is 1. The summed E-state index contributed by atoms with van der Waals surface area (Å²) in [4.78, 5) is 12.0. The fraction of sp³-hybridized carbons (Fsp3) is 0.429. The maximum atomic E-state index is 11.7. The Morgan fingerprint density at radius 1 is 1.38 bits per heavy atom. The van der Waals surface area contributed by atoms with Gasteiger partial charge in [0, 0.05) is 20.8 Å². The highest BCUT2D eigenvalue weighted by molar-refractivity contribution is 7.80. The van der Waals surface area contributed by atoms with Crippen molar-refractivity contribution in [1.29, 1.82) is 0 Å². The van der Waals surface area contributed by atoms with Crippen LogP contribution in [-0.2, 0) is 14.3 Å². The maximum absolute atomic E-state index is 11.7. The van der Waals surface area contributed by atoms with E-state index in [9.17, 15) is 4.79 Å². The Balaban J connectivity index is 2.45. The van der Waals surface area contributed by atoms with Crippen molar-refractivity contribution in [3.63, 3.8) is 0 Å². The van der Waals surface area contributed by atoms with Crippen LogP contribution in [0.2, 0.25) is 0 Å². The molecule has 1 rings (SSSR count). The van der Waals surface area contributed by atoms with Crippen LogP contribution < -0.4 is 15.8 Å². The number of hydrogen-bond donors (Lipinski definition) is 2. The molecule has 0 saturated carbocycles. The van der Waals surface area contributed by atoms with Crippen molar-refractivity contribution in [3.05, 3.63) is 29.8 Å². The van der Waals surface area contributed by atoms with Crippen LogP contribution in [0.25, 0.3) is 0 Å². The van der Waals surface area contributed by atoms with Gasteiger partial charge in [-0.05, 0) is 12.1 Å². The third kappa shape index (κ3) is 6.07.